The van der Waals surface area contributed by atoms with Crippen LogP contribution >= 0.6 is 11.8 Å². The van der Waals surface area contributed by atoms with E-state index in [9.17, 15) is 9.59 Å². The van der Waals surface area contributed by atoms with Crippen LogP contribution in [0.3, 0.4) is 0 Å². The fourth-order valence-corrected chi connectivity index (χ4v) is 4.84. The first-order valence-corrected chi connectivity index (χ1v) is 11.0. The molecule has 3 nitrogen and oxygen atoms in total. The maximum absolute atomic E-state index is 13.2. The molecule has 1 aliphatic carbocycles. The first-order valence-electron chi connectivity index (χ1n) is 10.2. The third-order valence-corrected chi connectivity index (χ3v) is 6.22. The Bertz CT molecular complexity index is 655. The van der Waals surface area contributed by atoms with Gasteiger partial charge in [-0.3, -0.25) is 9.59 Å². The Morgan fingerprint density at radius 2 is 1.78 bits per heavy atom. The van der Waals surface area contributed by atoms with Gasteiger partial charge in [0.25, 0.3) is 0 Å². The zero-order valence-corrected chi connectivity index (χ0v) is 18.4. The number of amides is 1. The molecule has 0 saturated heterocycles. The van der Waals surface area contributed by atoms with Gasteiger partial charge >= 0.3 is 0 Å². The SMILES string of the molecule is CC(C)CCC1(C(=O)Nc2ccccc2SC(=O)CC(C)(C)C)CCCC1. The van der Waals surface area contributed by atoms with Crippen LogP contribution in [0.5, 0.6) is 0 Å². The molecule has 0 heterocycles. The molecule has 1 aliphatic rings. The summed E-state index contributed by atoms with van der Waals surface area (Å²) in [7, 11) is 0. The van der Waals surface area contributed by atoms with Gasteiger partial charge in [0.2, 0.25) is 5.91 Å². The molecule has 1 saturated carbocycles. The maximum atomic E-state index is 13.2. The van der Waals surface area contributed by atoms with Crippen LogP contribution in [0.25, 0.3) is 0 Å². The van der Waals surface area contributed by atoms with Crippen LogP contribution in [0.2, 0.25) is 0 Å². The molecule has 0 unspecified atom stereocenters. The Morgan fingerprint density at radius 1 is 1.15 bits per heavy atom. The molecule has 150 valence electrons. The predicted octanol–water partition coefficient (Wildman–Crippen LogP) is 6.68. The number of hydrogen-bond donors (Lipinski definition) is 1. The van der Waals surface area contributed by atoms with Crippen LogP contribution in [0.15, 0.2) is 29.2 Å². The molecule has 0 aromatic heterocycles. The Morgan fingerprint density at radius 3 is 2.37 bits per heavy atom. The lowest BCUT2D eigenvalue weighted by atomic mass is 9.79. The molecule has 1 aromatic carbocycles. The van der Waals surface area contributed by atoms with Gasteiger partial charge < -0.3 is 5.32 Å². The van der Waals surface area contributed by atoms with Crippen molar-refractivity contribution in [1.29, 1.82) is 0 Å². The Balaban J connectivity index is 2.12. The predicted molar refractivity (Wildman–Crippen MR) is 115 cm³/mol. The standard InChI is InChI=1S/C23H35NO2S/c1-17(2)12-15-23(13-8-9-14-23)21(26)24-18-10-6-7-11-19(18)27-20(25)16-22(3,4)5/h6-7,10-11,17H,8-9,12-16H2,1-5H3,(H,24,26). The molecule has 0 spiro atoms. The van der Waals surface area contributed by atoms with Crippen molar-refractivity contribution < 1.29 is 9.59 Å². The van der Waals surface area contributed by atoms with Crippen LogP contribution in [-0.4, -0.2) is 11.0 Å². The summed E-state index contributed by atoms with van der Waals surface area (Å²) in [6.07, 6.45) is 6.76. The Kier molecular flexibility index (Phi) is 7.55. The van der Waals surface area contributed by atoms with E-state index in [0.717, 1.165) is 49.1 Å². The largest absolute Gasteiger partial charge is 0.325 e. The van der Waals surface area contributed by atoms with Gasteiger partial charge in [-0.05, 0) is 60.9 Å². The van der Waals surface area contributed by atoms with Crippen molar-refractivity contribution in [1.82, 2.24) is 0 Å². The van der Waals surface area contributed by atoms with Crippen molar-refractivity contribution in [3.63, 3.8) is 0 Å². The molecule has 2 rings (SSSR count). The summed E-state index contributed by atoms with van der Waals surface area (Å²) >= 11 is 1.25. The lowest BCUT2D eigenvalue weighted by molar-refractivity contribution is -0.126. The number of carbonyl (C=O) groups excluding carboxylic acids is 2. The maximum Gasteiger partial charge on any atom is 0.230 e. The van der Waals surface area contributed by atoms with Crippen molar-refractivity contribution in [2.45, 2.75) is 84.5 Å². The smallest absolute Gasteiger partial charge is 0.230 e. The minimum Gasteiger partial charge on any atom is -0.325 e. The van der Waals surface area contributed by atoms with Crippen LogP contribution in [-0.2, 0) is 9.59 Å². The third kappa shape index (κ3) is 6.67. The van der Waals surface area contributed by atoms with Gasteiger partial charge in [0.15, 0.2) is 5.12 Å². The van der Waals surface area contributed by atoms with E-state index in [-0.39, 0.29) is 21.9 Å². The summed E-state index contributed by atoms with van der Waals surface area (Å²) in [5.41, 5.74) is 0.496. The number of rotatable bonds is 7. The Labute approximate surface area is 169 Å². The first kappa shape index (κ1) is 22.0. The lowest BCUT2D eigenvalue weighted by Gasteiger charge is -2.29. The monoisotopic (exact) mass is 389 g/mol. The molecule has 1 fully saturated rings. The molecule has 0 atom stereocenters. The zero-order valence-electron chi connectivity index (χ0n) is 17.6. The van der Waals surface area contributed by atoms with E-state index in [2.05, 4.69) is 39.9 Å². The molecule has 1 amide bonds. The fraction of sp³-hybridized carbons (Fsp3) is 0.652. The topological polar surface area (TPSA) is 46.2 Å². The van der Waals surface area contributed by atoms with E-state index in [1.54, 1.807) is 0 Å². The molecule has 0 radical (unpaired) electrons. The van der Waals surface area contributed by atoms with E-state index in [4.69, 9.17) is 0 Å². The quantitative estimate of drug-likeness (QED) is 0.529. The first-order chi connectivity index (χ1) is 12.6. The highest BCUT2D eigenvalue weighted by Gasteiger charge is 2.40. The minimum absolute atomic E-state index is 0.0347. The number of para-hydroxylation sites is 1. The van der Waals surface area contributed by atoms with Crippen molar-refractivity contribution in [3.05, 3.63) is 24.3 Å². The molecule has 1 aromatic rings. The van der Waals surface area contributed by atoms with Crippen molar-refractivity contribution >= 4 is 28.5 Å². The summed E-state index contributed by atoms with van der Waals surface area (Å²) in [5, 5.41) is 3.31. The number of hydrogen-bond acceptors (Lipinski definition) is 3. The minimum atomic E-state index is -0.239. The van der Waals surface area contributed by atoms with Crippen LogP contribution in [0.1, 0.15) is 79.6 Å². The highest BCUT2D eigenvalue weighted by Crippen LogP contribution is 2.44. The zero-order chi connectivity index (χ0) is 20.1. The van der Waals surface area contributed by atoms with Gasteiger partial charge in [0.1, 0.15) is 0 Å². The van der Waals surface area contributed by atoms with E-state index >= 15 is 0 Å². The molecular formula is C23H35NO2S. The molecule has 1 N–H and O–H groups in total. The number of benzene rings is 1. The second kappa shape index (κ2) is 9.27. The second-order valence-corrected chi connectivity index (χ2v) is 10.7. The lowest BCUT2D eigenvalue weighted by Crippen LogP contribution is -2.34. The average Bonchev–Trinajstić information content (AvgIpc) is 3.03. The Hall–Kier alpha value is -1.29. The summed E-state index contributed by atoms with van der Waals surface area (Å²) in [4.78, 5) is 26.5. The molecular weight excluding hydrogens is 354 g/mol. The summed E-state index contributed by atoms with van der Waals surface area (Å²) in [6, 6.07) is 7.68. The highest BCUT2D eigenvalue weighted by atomic mass is 32.2. The molecule has 27 heavy (non-hydrogen) atoms. The fourth-order valence-electron chi connectivity index (χ4n) is 3.71. The van der Waals surface area contributed by atoms with Gasteiger partial charge in [-0.25, -0.2) is 0 Å². The van der Waals surface area contributed by atoms with Crippen LogP contribution in [0.4, 0.5) is 5.69 Å². The van der Waals surface area contributed by atoms with Gasteiger partial charge in [0.05, 0.1) is 5.69 Å². The van der Waals surface area contributed by atoms with Crippen molar-refractivity contribution in [2.75, 3.05) is 5.32 Å². The van der Waals surface area contributed by atoms with Gasteiger partial charge in [-0.15, -0.1) is 0 Å². The van der Waals surface area contributed by atoms with Gasteiger partial charge in [0, 0.05) is 16.7 Å². The molecule has 4 heteroatoms. The van der Waals surface area contributed by atoms with E-state index in [1.165, 1.54) is 11.8 Å². The number of thioether (sulfide) groups is 1. The van der Waals surface area contributed by atoms with Crippen LogP contribution in [0, 0.1) is 16.7 Å². The van der Waals surface area contributed by atoms with Crippen molar-refractivity contribution in [3.8, 4) is 0 Å². The van der Waals surface area contributed by atoms with E-state index in [1.807, 2.05) is 24.3 Å². The summed E-state index contributed by atoms with van der Waals surface area (Å²) < 4.78 is 0. The van der Waals surface area contributed by atoms with Crippen molar-refractivity contribution in [2.24, 2.45) is 16.7 Å². The number of nitrogens with one attached hydrogen (secondary N) is 1. The van der Waals surface area contributed by atoms with Gasteiger partial charge in [-0.1, -0.05) is 59.6 Å². The molecule has 0 bridgehead atoms. The highest BCUT2D eigenvalue weighted by molar-refractivity contribution is 8.13. The van der Waals surface area contributed by atoms with Gasteiger partial charge in [-0.2, -0.15) is 0 Å². The van der Waals surface area contributed by atoms with E-state index in [0.29, 0.717) is 12.3 Å². The molecule has 0 aliphatic heterocycles. The second-order valence-electron chi connectivity index (χ2n) is 9.58. The third-order valence-electron chi connectivity index (χ3n) is 5.28. The average molecular weight is 390 g/mol. The normalized spacial score (nSPS) is 16.5. The number of anilines is 1. The van der Waals surface area contributed by atoms with Crippen LogP contribution < -0.4 is 5.32 Å². The summed E-state index contributed by atoms with van der Waals surface area (Å²) in [6.45, 7) is 10.6. The van der Waals surface area contributed by atoms with E-state index < -0.39 is 0 Å². The summed E-state index contributed by atoms with van der Waals surface area (Å²) in [5.74, 6) is 0.741. The number of carbonyl (C=O) groups is 2.